The van der Waals surface area contributed by atoms with E-state index < -0.39 is 0 Å². The fourth-order valence-electron chi connectivity index (χ4n) is 0.760. The molecule has 0 spiro atoms. The van der Waals surface area contributed by atoms with Gasteiger partial charge in [-0.2, -0.15) is 0 Å². The lowest BCUT2D eigenvalue weighted by Gasteiger charge is -1.96. The number of hydrogen-bond donors (Lipinski definition) is 0. The summed E-state index contributed by atoms with van der Waals surface area (Å²) in [5, 5.41) is 0. The summed E-state index contributed by atoms with van der Waals surface area (Å²) in [6.45, 7) is 9.56. The summed E-state index contributed by atoms with van der Waals surface area (Å²) in [6, 6.07) is 7.47. The van der Waals surface area contributed by atoms with E-state index in [1.54, 1.807) is 6.07 Å². The van der Waals surface area contributed by atoms with Crippen LogP contribution in [-0.4, -0.2) is 0 Å². The molecule has 0 saturated heterocycles. The summed E-state index contributed by atoms with van der Waals surface area (Å²) in [6.07, 6.45) is 0. The number of aryl methyl sites for hydroxylation is 1. The third kappa shape index (κ3) is 6.32. The first-order chi connectivity index (χ1) is 6.34. The van der Waals surface area contributed by atoms with E-state index >= 15 is 0 Å². The van der Waals surface area contributed by atoms with Crippen molar-refractivity contribution in [3.8, 4) is 0 Å². The third-order valence-corrected chi connectivity index (χ3v) is 1.41. The quantitative estimate of drug-likeness (QED) is 0.602. The van der Waals surface area contributed by atoms with Gasteiger partial charge in [0.05, 0.1) is 0 Å². The third-order valence-electron chi connectivity index (χ3n) is 1.41. The van der Waals surface area contributed by atoms with Gasteiger partial charge in [0.1, 0.15) is 6.67 Å². The van der Waals surface area contributed by atoms with Crippen LogP contribution < -0.4 is 0 Å². The first kappa shape index (κ1) is 14.7. The van der Waals surface area contributed by atoms with Gasteiger partial charge in [-0.15, -0.1) is 0 Å². The molecular weight excluding hydrogens is 163 g/mol. The Kier molecular flexibility index (Phi) is 12.6. The number of alkyl halides is 1. The molecule has 0 aromatic heterocycles. The first-order valence-corrected chi connectivity index (χ1v) is 4.95. The zero-order chi connectivity index (χ0) is 10.7. The minimum absolute atomic E-state index is 0.354. The van der Waals surface area contributed by atoms with E-state index in [-0.39, 0.29) is 6.67 Å². The molecule has 0 atom stereocenters. The number of halogens is 1. The predicted octanol–water partition coefficient (Wildman–Crippen LogP) is 4.52. The maximum Gasteiger partial charge on any atom is 0.115 e. The second kappa shape index (κ2) is 11.2. The van der Waals surface area contributed by atoms with Gasteiger partial charge in [-0.25, -0.2) is 4.39 Å². The van der Waals surface area contributed by atoms with Gasteiger partial charge in [-0.05, 0) is 18.1 Å². The summed E-state index contributed by atoms with van der Waals surface area (Å²) in [5.74, 6) is 0. The molecule has 1 aromatic carbocycles. The molecule has 13 heavy (non-hydrogen) atoms. The van der Waals surface area contributed by atoms with E-state index in [2.05, 4.69) is 0 Å². The predicted molar refractivity (Wildman–Crippen MR) is 58.7 cm³/mol. The summed E-state index contributed by atoms with van der Waals surface area (Å²) in [4.78, 5) is 0. The van der Waals surface area contributed by atoms with Crippen LogP contribution in [0.25, 0.3) is 0 Å². The molecule has 0 saturated carbocycles. The van der Waals surface area contributed by atoms with Crippen LogP contribution in [0.1, 0.15) is 38.8 Å². The van der Waals surface area contributed by atoms with Crippen LogP contribution in [0, 0.1) is 6.92 Å². The first-order valence-electron chi connectivity index (χ1n) is 4.95. The highest BCUT2D eigenvalue weighted by molar-refractivity contribution is 5.24. The summed E-state index contributed by atoms with van der Waals surface area (Å²) in [7, 11) is 0. The highest BCUT2D eigenvalue weighted by Gasteiger charge is 1.91. The maximum absolute atomic E-state index is 12.0. The van der Waals surface area contributed by atoms with E-state index in [9.17, 15) is 4.39 Å². The van der Waals surface area contributed by atoms with Crippen LogP contribution in [0.5, 0.6) is 0 Å². The molecule has 0 bridgehead atoms. The topological polar surface area (TPSA) is 0 Å². The normalized spacial score (nSPS) is 7.54. The van der Waals surface area contributed by atoms with Crippen LogP contribution in [0.2, 0.25) is 0 Å². The molecule has 0 aliphatic heterocycles. The smallest absolute Gasteiger partial charge is 0.115 e. The van der Waals surface area contributed by atoms with Crippen molar-refractivity contribution in [3.05, 3.63) is 35.4 Å². The highest BCUT2D eigenvalue weighted by Crippen LogP contribution is 2.06. The van der Waals surface area contributed by atoms with Crippen LogP contribution >= 0.6 is 0 Å². The van der Waals surface area contributed by atoms with Gasteiger partial charge in [0.15, 0.2) is 0 Å². The van der Waals surface area contributed by atoms with Gasteiger partial charge in [0.2, 0.25) is 0 Å². The molecule has 1 heteroatoms. The van der Waals surface area contributed by atoms with Crippen molar-refractivity contribution in [1.82, 2.24) is 0 Å². The molecule has 0 aliphatic rings. The lowest BCUT2D eigenvalue weighted by molar-refractivity contribution is 0.483. The van der Waals surface area contributed by atoms with Crippen molar-refractivity contribution in [2.75, 3.05) is 0 Å². The Bertz CT molecular complexity index is 194. The van der Waals surface area contributed by atoms with Crippen molar-refractivity contribution in [2.24, 2.45) is 0 Å². The molecule has 0 unspecified atom stereocenters. The average Bonchev–Trinajstić information content (AvgIpc) is 2.24. The standard InChI is InChI=1S/C8H9F.2C2H6/c1-7-4-2-3-5-8(7)6-9;2*1-2/h2-5H,6H2,1H3;2*1-2H3. The minimum Gasteiger partial charge on any atom is -0.246 e. The molecule has 0 N–H and O–H groups in total. The van der Waals surface area contributed by atoms with Gasteiger partial charge in [0, 0.05) is 0 Å². The van der Waals surface area contributed by atoms with Crippen molar-refractivity contribution >= 4 is 0 Å². The van der Waals surface area contributed by atoms with Crippen molar-refractivity contribution in [3.63, 3.8) is 0 Å². The Morgan fingerprint density at radius 2 is 1.46 bits per heavy atom. The maximum atomic E-state index is 12.0. The Hall–Kier alpha value is -0.850. The molecule has 0 radical (unpaired) electrons. The molecule has 0 amide bonds. The van der Waals surface area contributed by atoms with Crippen LogP contribution in [0.15, 0.2) is 24.3 Å². The van der Waals surface area contributed by atoms with Gasteiger partial charge in [-0.1, -0.05) is 52.0 Å². The van der Waals surface area contributed by atoms with E-state index in [0.29, 0.717) is 0 Å². The van der Waals surface area contributed by atoms with Crippen molar-refractivity contribution < 1.29 is 4.39 Å². The minimum atomic E-state index is -0.354. The van der Waals surface area contributed by atoms with Crippen molar-refractivity contribution in [2.45, 2.75) is 41.3 Å². The molecule has 76 valence electrons. The summed E-state index contributed by atoms with van der Waals surface area (Å²) >= 11 is 0. The van der Waals surface area contributed by atoms with Gasteiger partial charge in [-0.3, -0.25) is 0 Å². The Morgan fingerprint density at radius 1 is 1.00 bits per heavy atom. The average molecular weight is 184 g/mol. The summed E-state index contributed by atoms with van der Waals surface area (Å²) in [5.41, 5.74) is 1.82. The van der Waals surface area contributed by atoms with Gasteiger partial charge in [0.25, 0.3) is 0 Å². The lowest BCUT2D eigenvalue weighted by Crippen LogP contribution is -1.81. The molecule has 0 fully saturated rings. The largest absolute Gasteiger partial charge is 0.246 e. The van der Waals surface area contributed by atoms with Gasteiger partial charge < -0.3 is 0 Å². The molecule has 1 rings (SSSR count). The SMILES string of the molecule is CC.CC.Cc1ccccc1CF. The Labute approximate surface area is 81.8 Å². The van der Waals surface area contributed by atoms with Crippen LogP contribution in [0.4, 0.5) is 4.39 Å². The van der Waals surface area contributed by atoms with Crippen LogP contribution in [0.3, 0.4) is 0 Å². The Balaban J connectivity index is 0. The van der Waals surface area contributed by atoms with Crippen molar-refractivity contribution in [1.29, 1.82) is 0 Å². The fourth-order valence-corrected chi connectivity index (χ4v) is 0.760. The van der Waals surface area contributed by atoms with E-state index in [1.807, 2.05) is 52.8 Å². The van der Waals surface area contributed by atoms with E-state index in [0.717, 1.165) is 11.1 Å². The molecular formula is C12H21F. The Morgan fingerprint density at radius 3 is 1.77 bits per heavy atom. The van der Waals surface area contributed by atoms with E-state index in [1.165, 1.54) is 0 Å². The molecule has 0 nitrogen and oxygen atoms in total. The molecule has 0 aliphatic carbocycles. The molecule has 0 heterocycles. The zero-order valence-electron chi connectivity index (χ0n) is 9.39. The number of benzene rings is 1. The van der Waals surface area contributed by atoms with Gasteiger partial charge >= 0.3 is 0 Å². The number of rotatable bonds is 1. The highest BCUT2D eigenvalue weighted by atomic mass is 19.1. The zero-order valence-corrected chi connectivity index (χ0v) is 9.39. The number of hydrogen-bond acceptors (Lipinski definition) is 0. The summed E-state index contributed by atoms with van der Waals surface area (Å²) < 4.78 is 12.0. The van der Waals surface area contributed by atoms with E-state index in [4.69, 9.17) is 0 Å². The lowest BCUT2D eigenvalue weighted by atomic mass is 10.1. The monoisotopic (exact) mass is 184 g/mol. The molecule has 1 aromatic rings. The fraction of sp³-hybridized carbons (Fsp3) is 0.500. The second-order valence-corrected chi connectivity index (χ2v) is 2.06. The van der Waals surface area contributed by atoms with Crippen LogP contribution in [-0.2, 0) is 6.67 Å². The second-order valence-electron chi connectivity index (χ2n) is 2.06.